The van der Waals surface area contributed by atoms with Crippen LogP contribution in [-0.2, 0) is 9.84 Å². The number of halogens is 1. The summed E-state index contributed by atoms with van der Waals surface area (Å²) in [6, 6.07) is 13.2. The highest BCUT2D eigenvalue weighted by molar-refractivity contribution is 7.90. The molecule has 0 heterocycles. The molecule has 6 heteroatoms. The maximum atomic E-state index is 12.8. The van der Waals surface area contributed by atoms with Gasteiger partial charge in [-0.05, 0) is 30.3 Å². The Labute approximate surface area is 140 Å². The second-order valence-electron chi connectivity index (χ2n) is 4.95. The third-order valence-electron chi connectivity index (χ3n) is 3.22. The Morgan fingerprint density at radius 1 is 1.22 bits per heavy atom. The van der Waals surface area contributed by atoms with E-state index in [4.69, 9.17) is 11.6 Å². The van der Waals surface area contributed by atoms with Crippen molar-refractivity contribution in [2.45, 2.75) is 4.90 Å². The summed E-state index contributed by atoms with van der Waals surface area (Å²) in [5, 5.41) is 0.201. The van der Waals surface area contributed by atoms with E-state index in [1.807, 2.05) is 18.2 Å². The van der Waals surface area contributed by atoms with Gasteiger partial charge in [0.25, 0.3) is 5.91 Å². The van der Waals surface area contributed by atoms with Gasteiger partial charge in [-0.1, -0.05) is 35.9 Å². The molecule has 2 aromatic rings. The van der Waals surface area contributed by atoms with Gasteiger partial charge in [0.1, 0.15) is 0 Å². The highest BCUT2D eigenvalue weighted by Crippen LogP contribution is 2.24. The standard InChI is InChI=1S/C17H16ClNO3S/c1-3-11-19(13-7-5-4-6-8-13)17(20)15-12-14(23(2,21)22)9-10-16(15)18/h3-10,12H,1,11H2,2H3. The molecule has 0 atom stereocenters. The molecule has 0 saturated carbocycles. The SMILES string of the molecule is C=CCN(C(=O)c1cc(S(C)(=O)=O)ccc1Cl)c1ccccc1. The molecule has 0 spiro atoms. The number of hydrogen-bond donors (Lipinski definition) is 0. The molecule has 0 unspecified atom stereocenters. The monoisotopic (exact) mass is 349 g/mol. The number of amides is 1. The van der Waals surface area contributed by atoms with Crippen LogP contribution < -0.4 is 4.90 Å². The number of sulfone groups is 1. The lowest BCUT2D eigenvalue weighted by molar-refractivity contribution is 0.0989. The van der Waals surface area contributed by atoms with E-state index in [-0.39, 0.29) is 27.9 Å². The predicted octanol–water partition coefficient (Wildman–Crippen LogP) is 3.58. The van der Waals surface area contributed by atoms with E-state index in [0.717, 1.165) is 6.26 Å². The average molecular weight is 350 g/mol. The van der Waals surface area contributed by atoms with Crippen molar-refractivity contribution in [2.75, 3.05) is 17.7 Å². The summed E-state index contributed by atoms with van der Waals surface area (Å²) < 4.78 is 23.4. The quantitative estimate of drug-likeness (QED) is 0.775. The lowest BCUT2D eigenvalue weighted by Gasteiger charge is -2.22. The predicted molar refractivity (Wildman–Crippen MR) is 92.9 cm³/mol. The van der Waals surface area contributed by atoms with Gasteiger partial charge in [-0.2, -0.15) is 0 Å². The number of carbonyl (C=O) groups is 1. The maximum Gasteiger partial charge on any atom is 0.260 e. The van der Waals surface area contributed by atoms with Gasteiger partial charge < -0.3 is 4.90 Å². The van der Waals surface area contributed by atoms with Crippen molar-refractivity contribution in [2.24, 2.45) is 0 Å². The summed E-state index contributed by atoms with van der Waals surface area (Å²) >= 11 is 6.10. The van der Waals surface area contributed by atoms with Crippen molar-refractivity contribution >= 4 is 33.0 Å². The van der Waals surface area contributed by atoms with Gasteiger partial charge in [-0.3, -0.25) is 4.79 Å². The molecule has 23 heavy (non-hydrogen) atoms. The van der Waals surface area contributed by atoms with E-state index < -0.39 is 9.84 Å². The molecular formula is C17H16ClNO3S. The lowest BCUT2D eigenvalue weighted by atomic mass is 10.1. The molecule has 1 amide bonds. The topological polar surface area (TPSA) is 54.5 Å². The second-order valence-corrected chi connectivity index (χ2v) is 7.38. The molecule has 120 valence electrons. The van der Waals surface area contributed by atoms with Gasteiger partial charge in [0, 0.05) is 18.5 Å². The van der Waals surface area contributed by atoms with Gasteiger partial charge in [-0.25, -0.2) is 8.42 Å². The first-order chi connectivity index (χ1) is 10.8. The number of carbonyl (C=O) groups excluding carboxylic acids is 1. The van der Waals surface area contributed by atoms with Crippen LogP contribution in [0.1, 0.15) is 10.4 Å². The zero-order chi connectivity index (χ0) is 17.0. The molecule has 0 radical (unpaired) electrons. The van der Waals surface area contributed by atoms with Crippen molar-refractivity contribution in [1.82, 2.24) is 0 Å². The average Bonchev–Trinajstić information content (AvgIpc) is 2.52. The van der Waals surface area contributed by atoms with E-state index in [1.54, 1.807) is 18.2 Å². The molecule has 0 aliphatic carbocycles. The number of para-hydroxylation sites is 1. The first-order valence-corrected chi connectivity index (χ1v) is 9.09. The fraction of sp³-hybridized carbons (Fsp3) is 0.118. The van der Waals surface area contributed by atoms with Gasteiger partial charge in [-0.15, -0.1) is 6.58 Å². The number of anilines is 1. The Balaban J connectivity index is 2.51. The minimum Gasteiger partial charge on any atom is -0.305 e. The molecule has 0 N–H and O–H groups in total. The summed E-state index contributed by atoms with van der Waals surface area (Å²) in [4.78, 5) is 14.4. The van der Waals surface area contributed by atoms with Gasteiger partial charge in [0.2, 0.25) is 0 Å². The number of rotatable bonds is 5. The van der Waals surface area contributed by atoms with Crippen LogP contribution in [0.2, 0.25) is 5.02 Å². The lowest BCUT2D eigenvalue weighted by Crippen LogP contribution is -2.31. The summed E-state index contributed by atoms with van der Waals surface area (Å²) in [6.07, 6.45) is 2.68. The summed E-state index contributed by atoms with van der Waals surface area (Å²) in [6.45, 7) is 3.94. The van der Waals surface area contributed by atoms with Crippen LogP contribution in [0.15, 0.2) is 66.1 Å². The minimum absolute atomic E-state index is 0.0527. The largest absolute Gasteiger partial charge is 0.305 e. The Hall–Kier alpha value is -2.11. The highest BCUT2D eigenvalue weighted by Gasteiger charge is 2.21. The molecule has 0 aliphatic heterocycles. The highest BCUT2D eigenvalue weighted by atomic mass is 35.5. The van der Waals surface area contributed by atoms with Crippen molar-refractivity contribution in [3.63, 3.8) is 0 Å². The van der Waals surface area contributed by atoms with Crippen molar-refractivity contribution < 1.29 is 13.2 Å². The number of nitrogens with zero attached hydrogens (tertiary/aromatic N) is 1. The van der Waals surface area contributed by atoms with E-state index in [2.05, 4.69) is 6.58 Å². The fourth-order valence-corrected chi connectivity index (χ4v) is 2.93. The molecule has 2 rings (SSSR count). The molecule has 0 fully saturated rings. The second kappa shape index (κ2) is 6.98. The Morgan fingerprint density at radius 2 is 1.87 bits per heavy atom. The van der Waals surface area contributed by atoms with E-state index in [9.17, 15) is 13.2 Å². The van der Waals surface area contributed by atoms with E-state index in [0.29, 0.717) is 5.69 Å². The third kappa shape index (κ3) is 4.00. The molecule has 0 saturated heterocycles. The van der Waals surface area contributed by atoms with E-state index in [1.165, 1.54) is 23.1 Å². The number of hydrogen-bond acceptors (Lipinski definition) is 3. The molecular weight excluding hydrogens is 334 g/mol. The fourth-order valence-electron chi connectivity index (χ4n) is 2.09. The smallest absolute Gasteiger partial charge is 0.260 e. The summed E-state index contributed by atoms with van der Waals surface area (Å²) in [7, 11) is -3.43. The Bertz CT molecular complexity index is 832. The third-order valence-corrected chi connectivity index (χ3v) is 4.66. The van der Waals surface area contributed by atoms with Crippen LogP contribution >= 0.6 is 11.6 Å². The van der Waals surface area contributed by atoms with Crippen LogP contribution in [0.3, 0.4) is 0 Å². The van der Waals surface area contributed by atoms with Crippen molar-refractivity contribution in [3.8, 4) is 0 Å². The zero-order valence-corrected chi connectivity index (χ0v) is 14.1. The zero-order valence-electron chi connectivity index (χ0n) is 12.6. The van der Waals surface area contributed by atoms with Crippen LogP contribution in [0.25, 0.3) is 0 Å². The van der Waals surface area contributed by atoms with Crippen molar-refractivity contribution in [3.05, 3.63) is 71.8 Å². The molecule has 0 aliphatic rings. The molecule has 4 nitrogen and oxygen atoms in total. The van der Waals surface area contributed by atoms with Crippen molar-refractivity contribution in [1.29, 1.82) is 0 Å². The van der Waals surface area contributed by atoms with Gasteiger partial charge >= 0.3 is 0 Å². The van der Waals surface area contributed by atoms with Crippen LogP contribution in [0, 0.1) is 0 Å². The minimum atomic E-state index is -3.43. The molecule has 0 aromatic heterocycles. The summed E-state index contributed by atoms with van der Waals surface area (Å²) in [5.74, 6) is -0.383. The summed E-state index contributed by atoms with van der Waals surface area (Å²) in [5.41, 5.74) is 0.818. The normalized spacial score (nSPS) is 11.0. The maximum absolute atomic E-state index is 12.8. The van der Waals surface area contributed by atoms with Crippen LogP contribution in [0.4, 0.5) is 5.69 Å². The van der Waals surface area contributed by atoms with Crippen LogP contribution in [0.5, 0.6) is 0 Å². The van der Waals surface area contributed by atoms with E-state index >= 15 is 0 Å². The van der Waals surface area contributed by atoms with Gasteiger partial charge in [0.15, 0.2) is 9.84 Å². The van der Waals surface area contributed by atoms with Gasteiger partial charge in [0.05, 0.1) is 15.5 Å². The molecule has 2 aromatic carbocycles. The first-order valence-electron chi connectivity index (χ1n) is 6.82. The van der Waals surface area contributed by atoms with Crippen LogP contribution in [-0.4, -0.2) is 27.1 Å². The first kappa shape index (κ1) is 17.2. The molecule has 0 bridgehead atoms. The number of benzene rings is 2. The Morgan fingerprint density at radius 3 is 2.43 bits per heavy atom. The Kier molecular flexibility index (Phi) is 5.23.